The molecule has 0 unspecified atom stereocenters. The van der Waals surface area contributed by atoms with Crippen LogP contribution in [0.4, 0.5) is 0 Å². The highest BCUT2D eigenvalue weighted by molar-refractivity contribution is 7.86. The van der Waals surface area contributed by atoms with Gasteiger partial charge in [0, 0.05) is 0 Å². The van der Waals surface area contributed by atoms with Crippen molar-refractivity contribution in [2.24, 2.45) is 0 Å². The lowest BCUT2D eigenvalue weighted by Crippen LogP contribution is -2.06. The van der Waals surface area contributed by atoms with Crippen LogP contribution in [0.2, 0.25) is 0 Å². The van der Waals surface area contributed by atoms with E-state index in [-0.39, 0.29) is 4.90 Å². The van der Waals surface area contributed by atoms with Gasteiger partial charge < -0.3 is 0 Å². The third-order valence-electron chi connectivity index (χ3n) is 1.88. The maximum Gasteiger partial charge on any atom is 0.297 e. The number of hydrogen-bond donors (Lipinski definition) is 0. The Morgan fingerprint density at radius 3 is 2.00 bits per heavy atom. The second-order valence-corrected chi connectivity index (χ2v) is 4.49. The molecule has 0 spiro atoms. The monoisotopic (exact) mass is 200 g/mol. The van der Waals surface area contributed by atoms with Gasteiger partial charge in [-0.1, -0.05) is 18.2 Å². The minimum absolute atomic E-state index is 0.275. The van der Waals surface area contributed by atoms with E-state index >= 15 is 0 Å². The zero-order valence-corrected chi connectivity index (χ0v) is 8.68. The normalized spacial score (nSPS) is 11.6. The molecule has 0 amide bonds. The Morgan fingerprint density at radius 2 is 1.62 bits per heavy atom. The molecule has 3 nitrogen and oxygen atoms in total. The Balaban J connectivity index is 3.46. The van der Waals surface area contributed by atoms with Crippen molar-refractivity contribution in [3.8, 4) is 0 Å². The predicted molar refractivity (Wildman–Crippen MR) is 50.1 cm³/mol. The molecule has 0 saturated carbocycles. The minimum Gasteiger partial charge on any atom is -0.270 e. The number of benzene rings is 1. The fourth-order valence-corrected chi connectivity index (χ4v) is 2.37. The van der Waals surface area contributed by atoms with E-state index in [2.05, 4.69) is 4.18 Å². The maximum absolute atomic E-state index is 11.4. The van der Waals surface area contributed by atoms with Crippen LogP contribution in [0.25, 0.3) is 0 Å². The van der Waals surface area contributed by atoms with Gasteiger partial charge in [-0.3, -0.25) is 4.18 Å². The van der Waals surface area contributed by atoms with Crippen molar-refractivity contribution in [1.29, 1.82) is 0 Å². The molecule has 13 heavy (non-hydrogen) atoms. The van der Waals surface area contributed by atoms with Gasteiger partial charge in [-0.25, -0.2) is 0 Å². The summed E-state index contributed by atoms with van der Waals surface area (Å²) < 4.78 is 27.3. The Morgan fingerprint density at radius 1 is 1.15 bits per heavy atom. The molecule has 0 aliphatic heterocycles. The van der Waals surface area contributed by atoms with E-state index in [9.17, 15) is 8.42 Å². The summed E-state index contributed by atoms with van der Waals surface area (Å²) in [4.78, 5) is 0.275. The lowest BCUT2D eigenvalue weighted by atomic mass is 10.2. The SMILES string of the molecule is COS(=O)(=O)c1c(C)cccc1C. The molecular weight excluding hydrogens is 188 g/mol. The summed E-state index contributed by atoms with van der Waals surface area (Å²) in [6, 6.07) is 5.32. The largest absolute Gasteiger partial charge is 0.297 e. The van der Waals surface area contributed by atoms with Gasteiger partial charge >= 0.3 is 0 Å². The fraction of sp³-hybridized carbons (Fsp3) is 0.333. The van der Waals surface area contributed by atoms with Crippen LogP contribution in [0.5, 0.6) is 0 Å². The average molecular weight is 200 g/mol. The Hall–Kier alpha value is -0.870. The molecule has 4 heteroatoms. The smallest absolute Gasteiger partial charge is 0.270 e. The van der Waals surface area contributed by atoms with E-state index in [1.54, 1.807) is 26.0 Å². The molecule has 0 fully saturated rings. The molecule has 0 atom stereocenters. The van der Waals surface area contributed by atoms with Crippen LogP contribution in [-0.2, 0) is 14.3 Å². The molecule has 0 radical (unpaired) electrons. The fourth-order valence-electron chi connectivity index (χ4n) is 1.28. The minimum atomic E-state index is -3.56. The van der Waals surface area contributed by atoms with E-state index in [4.69, 9.17) is 0 Å². The van der Waals surface area contributed by atoms with Gasteiger partial charge in [0.05, 0.1) is 12.0 Å². The number of rotatable bonds is 2. The van der Waals surface area contributed by atoms with E-state index < -0.39 is 10.1 Å². The number of aryl methyl sites for hydroxylation is 2. The first-order valence-corrected chi connectivity index (χ1v) is 5.26. The summed E-state index contributed by atoms with van der Waals surface area (Å²) in [5, 5.41) is 0. The van der Waals surface area contributed by atoms with Crippen LogP contribution in [0, 0.1) is 13.8 Å². The molecule has 0 aliphatic carbocycles. The molecule has 72 valence electrons. The molecule has 1 aromatic carbocycles. The molecule has 0 aromatic heterocycles. The van der Waals surface area contributed by atoms with Crippen molar-refractivity contribution >= 4 is 10.1 Å². The second kappa shape index (κ2) is 3.47. The highest BCUT2D eigenvalue weighted by Gasteiger charge is 2.17. The summed E-state index contributed by atoms with van der Waals surface area (Å²) >= 11 is 0. The Labute approximate surface area is 78.5 Å². The first-order valence-electron chi connectivity index (χ1n) is 3.86. The lowest BCUT2D eigenvalue weighted by molar-refractivity contribution is 0.397. The highest BCUT2D eigenvalue weighted by atomic mass is 32.2. The predicted octanol–water partition coefficient (Wildman–Crippen LogP) is 1.64. The van der Waals surface area contributed by atoms with Crippen LogP contribution in [0.3, 0.4) is 0 Å². The van der Waals surface area contributed by atoms with Crippen LogP contribution in [-0.4, -0.2) is 15.5 Å². The molecule has 0 saturated heterocycles. The van der Waals surface area contributed by atoms with Gasteiger partial charge in [0.25, 0.3) is 10.1 Å². The van der Waals surface area contributed by atoms with Gasteiger partial charge in [-0.15, -0.1) is 0 Å². The third-order valence-corrected chi connectivity index (χ3v) is 3.46. The molecule has 0 heterocycles. The Kier molecular flexibility index (Phi) is 2.73. The highest BCUT2D eigenvalue weighted by Crippen LogP contribution is 2.20. The standard InChI is InChI=1S/C9H12O3S/c1-7-5-4-6-8(2)9(7)13(10,11)12-3/h4-6H,1-3H3. The molecule has 0 bridgehead atoms. The van der Waals surface area contributed by atoms with Gasteiger partial charge in [-0.05, 0) is 25.0 Å². The van der Waals surface area contributed by atoms with Gasteiger partial charge in [0.1, 0.15) is 0 Å². The van der Waals surface area contributed by atoms with Crippen LogP contribution < -0.4 is 0 Å². The van der Waals surface area contributed by atoms with Gasteiger partial charge in [0.2, 0.25) is 0 Å². The van der Waals surface area contributed by atoms with E-state index in [1.807, 2.05) is 6.07 Å². The van der Waals surface area contributed by atoms with Crippen LogP contribution in [0.1, 0.15) is 11.1 Å². The molecule has 1 rings (SSSR count). The summed E-state index contributed by atoms with van der Waals surface area (Å²) in [5.41, 5.74) is 1.42. The van der Waals surface area contributed by atoms with Crippen molar-refractivity contribution < 1.29 is 12.6 Å². The average Bonchev–Trinajstić information content (AvgIpc) is 2.03. The summed E-state index contributed by atoms with van der Waals surface area (Å²) in [7, 11) is -2.39. The summed E-state index contributed by atoms with van der Waals surface area (Å²) in [5.74, 6) is 0. The first kappa shape index (κ1) is 10.2. The summed E-state index contributed by atoms with van der Waals surface area (Å²) in [6.45, 7) is 3.50. The quantitative estimate of drug-likeness (QED) is 0.681. The van der Waals surface area contributed by atoms with E-state index in [1.165, 1.54) is 7.11 Å². The Bertz CT molecular complexity index is 387. The molecule has 0 N–H and O–H groups in total. The topological polar surface area (TPSA) is 43.4 Å². The van der Waals surface area contributed by atoms with Crippen LogP contribution in [0.15, 0.2) is 23.1 Å². The maximum atomic E-state index is 11.4. The van der Waals surface area contributed by atoms with E-state index in [0.29, 0.717) is 11.1 Å². The third kappa shape index (κ3) is 1.89. The lowest BCUT2D eigenvalue weighted by Gasteiger charge is -2.07. The summed E-state index contributed by atoms with van der Waals surface area (Å²) in [6.07, 6.45) is 0. The molecule has 0 aliphatic rings. The zero-order chi connectivity index (χ0) is 10.1. The van der Waals surface area contributed by atoms with Gasteiger partial charge in [-0.2, -0.15) is 8.42 Å². The zero-order valence-electron chi connectivity index (χ0n) is 7.87. The van der Waals surface area contributed by atoms with Gasteiger partial charge in [0.15, 0.2) is 0 Å². The van der Waals surface area contributed by atoms with Crippen LogP contribution >= 0.6 is 0 Å². The van der Waals surface area contributed by atoms with Crippen molar-refractivity contribution in [1.82, 2.24) is 0 Å². The number of hydrogen-bond acceptors (Lipinski definition) is 3. The molecule has 1 aromatic rings. The van der Waals surface area contributed by atoms with Crippen molar-refractivity contribution in [2.45, 2.75) is 18.7 Å². The second-order valence-electron chi connectivity index (χ2n) is 2.84. The molecular formula is C9H12O3S. The van der Waals surface area contributed by atoms with Crippen molar-refractivity contribution in [3.63, 3.8) is 0 Å². The van der Waals surface area contributed by atoms with E-state index in [0.717, 1.165) is 0 Å². The van der Waals surface area contributed by atoms with Crippen molar-refractivity contribution in [3.05, 3.63) is 29.3 Å². The van der Waals surface area contributed by atoms with Crippen molar-refractivity contribution in [2.75, 3.05) is 7.11 Å². The first-order chi connectivity index (χ1) is 5.99.